The zero-order valence-electron chi connectivity index (χ0n) is 13.5. The van der Waals surface area contributed by atoms with Gasteiger partial charge in [-0.3, -0.25) is 5.01 Å². The molecule has 22 heavy (non-hydrogen) atoms. The lowest BCUT2D eigenvalue weighted by Gasteiger charge is -2.30. The zero-order valence-corrected chi connectivity index (χ0v) is 13.5. The molecule has 1 aliphatic heterocycles. The van der Waals surface area contributed by atoms with Gasteiger partial charge in [0.1, 0.15) is 0 Å². The highest BCUT2D eigenvalue weighted by Gasteiger charge is 2.17. The fraction of sp³-hybridized carbons (Fsp3) is 0.421. The van der Waals surface area contributed by atoms with E-state index in [1.807, 2.05) is 0 Å². The molecule has 0 unspecified atom stereocenters. The number of benzene rings is 2. The predicted octanol–water partition coefficient (Wildman–Crippen LogP) is 2.91. The van der Waals surface area contributed by atoms with Crippen LogP contribution in [0.5, 0.6) is 0 Å². The van der Waals surface area contributed by atoms with Gasteiger partial charge in [-0.1, -0.05) is 30.3 Å². The molecule has 0 spiro atoms. The van der Waals surface area contributed by atoms with Gasteiger partial charge in [-0.2, -0.15) is 5.10 Å². The molecular weight excluding hydrogens is 270 g/mol. The average molecular weight is 293 g/mol. The van der Waals surface area contributed by atoms with Crippen molar-refractivity contribution in [2.75, 3.05) is 33.2 Å². The standard InChI is InChI=1S/C19H23N3/c1-14(20-22-12-10-21(2)11-13-22)17-9-8-16-7-6-15-4-3-5-18(17)19(15)16/h3-5,8-9H,6-7,10-13H2,1-2H3. The maximum Gasteiger partial charge on any atom is 0.0652 e. The van der Waals surface area contributed by atoms with Crippen LogP contribution in [0.3, 0.4) is 0 Å². The number of hydrogen-bond donors (Lipinski definition) is 0. The first kappa shape index (κ1) is 13.8. The molecular formula is C19H23N3. The fourth-order valence-corrected chi connectivity index (χ4v) is 3.72. The first-order chi connectivity index (χ1) is 10.7. The van der Waals surface area contributed by atoms with Crippen LogP contribution in [0.4, 0.5) is 0 Å². The van der Waals surface area contributed by atoms with Crippen LogP contribution in [-0.4, -0.2) is 48.8 Å². The van der Waals surface area contributed by atoms with E-state index in [2.05, 4.69) is 54.2 Å². The van der Waals surface area contributed by atoms with Crippen molar-refractivity contribution in [3.05, 3.63) is 47.0 Å². The lowest BCUT2D eigenvalue weighted by molar-refractivity contribution is 0.159. The summed E-state index contributed by atoms with van der Waals surface area (Å²) in [6.45, 7) is 6.39. The SMILES string of the molecule is CC(=NN1CCN(C)CC1)c1ccc2c3c(cccc13)CC2. The highest BCUT2D eigenvalue weighted by atomic mass is 15.5. The molecule has 3 nitrogen and oxygen atoms in total. The van der Waals surface area contributed by atoms with Gasteiger partial charge in [0.05, 0.1) is 5.71 Å². The molecule has 2 aromatic carbocycles. The molecule has 0 N–H and O–H groups in total. The molecule has 0 aromatic heterocycles. The second-order valence-corrected chi connectivity index (χ2v) is 6.55. The van der Waals surface area contributed by atoms with Crippen molar-refractivity contribution in [2.24, 2.45) is 5.10 Å². The lowest BCUT2D eigenvalue weighted by Crippen LogP contribution is -2.42. The minimum absolute atomic E-state index is 1.02. The molecule has 114 valence electrons. The van der Waals surface area contributed by atoms with E-state index in [-0.39, 0.29) is 0 Å². The summed E-state index contributed by atoms with van der Waals surface area (Å²) >= 11 is 0. The third kappa shape index (κ3) is 2.30. The number of rotatable bonds is 2. The Balaban J connectivity index is 1.72. The minimum atomic E-state index is 1.02. The summed E-state index contributed by atoms with van der Waals surface area (Å²) < 4.78 is 0. The van der Waals surface area contributed by atoms with E-state index in [0.29, 0.717) is 0 Å². The number of likely N-dealkylation sites (N-methyl/N-ethyl adjacent to an activating group) is 1. The van der Waals surface area contributed by atoms with Crippen LogP contribution in [0.15, 0.2) is 35.4 Å². The topological polar surface area (TPSA) is 18.8 Å². The van der Waals surface area contributed by atoms with Crippen LogP contribution in [0, 0.1) is 0 Å². The quantitative estimate of drug-likeness (QED) is 0.793. The number of aryl methyl sites for hydroxylation is 2. The number of hydrazone groups is 1. The molecule has 1 saturated heterocycles. The van der Waals surface area contributed by atoms with E-state index in [0.717, 1.165) is 31.9 Å². The van der Waals surface area contributed by atoms with Crippen molar-refractivity contribution in [1.82, 2.24) is 9.91 Å². The molecule has 3 heteroatoms. The van der Waals surface area contributed by atoms with Gasteiger partial charge in [-0.15, -0.1) is 0 Å². The Labute approximate surface area is 132 Å². The van der Waals surface area contributed by atoms with Crippen molar-refractivity contribution in [1.29, 1.82) is 0 Å². The zero-order chi connectivity index (χ0) is 15.1. The normalized spacial score (nSPS) is 19.2. The first-order valence-electron chi connectivity index (χ1n) is 8.25. The summed E-state index contributed by atoms with van der Waals surface area (Å²) in [5.41, 5.74) is 5.44. The van der Waals surface area contributed by atoms with Crippen molar-refractivity contribution in [3.63, 3.8) is 0 Å². The number of hydrogen-bond acceptors (Lipinski definition) is 3. The van der Waals surface area contributed by atoms with Gasteiger partial charge < -0.3 is 4.90 Å². The van der Waals surface area contributed by atoms with E-state index in [1.54, 1.807) is 0 Å². The van der Waals surface area contributed by atoms with E-state index >= 15 is 0 Å². The van der Waals surface area contributed by atoms with Crippen LogP contribution in [0.2, 0.25) is 0 Å². The Hall–Kier alpha value is -1.87. The Kier molecular flexibility index (Phi) is 3.38. The fourth-order valence-electron chi connectivity index (χ4n) is 3.72. The second-order valence-electron chi connectivity index (χ2n) is 6.55. The molecule has 0 radical (unpaired) electrons. The van der Waals surface area contributed by atoms with Crippen LogP contribution < -0.4 is 0 Å². The first-order valence-corrected chi connectivity index (χ1v) is 8.25. The van der Waals surface area contributed by atoms with Gasteiger partial charge in [-0.25, -0.2) is 0 Å². The third-order valence-electron chi connectivity index (χ3n) is 5.04. The largest absolute Gasteiger partial charge is 0.303 e. The van der Waals surface area contributed by atoms with Crippen LogP contribution in [0.1, 0.15) is 23.6 Å². The predicted molar refractivity (Wildman–Crippen MR) is 92.6 cm³/mol. The molecule has 4 rings (SSSR count). The van der Waals surface area contributed by atoms with Crippen LogP contribution in [0.25, 0.3) is 10.8 Å². The maximum atomic E-state index is 4.89. The van der Waals surface area contributed by atoms with Gasteiger partial charge in [-0.05, 0) is 48.7 Å². The van der Waals surface area contributed by atoms with Crippen molar-refractivity contribution >= 4 is 16.5 Å². The molecule has 2 aliphatic rings. The highest BCUT2D eigenvalue weighted by molar-refractivity contribution is 6.11. The Morgan fingerprint density at radius 1 is 0.955 bits per heavy atom. The van der Waals surface area contributed by atoms with E-state index in [9.17, 15) is 0 Å². The minimum Gasteiger partial charge on any atom is -0.303 e. The third-order valence-corrected chi connectivity index (χ3v) is 5.04. The Morgan fingerprint density at radius 2 is 1.68 bits per heavy atom. The average Bonchev–Trinajstić information content (AvgIpc) is 2.95. The summed E-state index contributed by atoms with van der Waals surface area (Å²) in [5, 5.41) is 9.97. The number of piperazine rings is 1. The summed E-state index contributed by atoms with van der Waals surface area (Å²) in [4.78, 5) is 2.36. The summed E-state index contributed by atoms with van der Waals surface area (Å²) in [7, 11) is 2.18. The summed E-state index contributed by atoms with van der Waals surface area (Å²) in [5.74, 6) is 0. The molecule has 0 bridgehead atoms. The van der Waals surface area contributed by atoms with Crippen molar-refractivity contribution in [2.45, 2.75) is 19.8 Å². The molecule has 1 fully saturated rings. The van der Waals surface area contributed by atoms with Gasteiger partial charge in [0.25, 0.3) is 0 Å². The monoisotopic (exact) mass is 293 g/mol. The van der Waals surface area contributed by atoms with Crippen molar-refractivity contribution < 1.29 is 0 Å². The van der Waals surface area contributed by atoms with E-state index in [4.69, 9.17) is 5.10 Å². The van der Waals surface area contributed by atoms with Gasteiger partial charge in [0.2, 0.25) is 0 Å². The molecule has 1 heterocycles. The van der Waals surface area contributed by atoms with Gasteiger partial charge in [0.15, 0.2) is 0 Å². The van der Waals surface area contributed by atoms with E-state index < -0.39 is 0 Å². The molecule has 0 atom stereocenters. The van der Waals surface area contributed by atoms with Crippen LogP contribution >= 0.6 is 0 Å². The molecule has 0 saturated carbocycles. The summed E-state index contributed by atoms with van der Waals surface area (Å²) in [6, 6.07) is 11.3. The van der Waals surface area contributed by atoms with Gasteiger partial charge >= 0.3 is 0 Å². The Morgan fingerprint density at radius 3 is 2.45 bits per heavy atom. The Bertz CT molecular complexity index is 729. The maximum absolute atomic E-state index is 4.89. The highest BCUT2D eigenvalue weighted by Crippen LogP contribution is 2.33. The molecule has 1 aliphatic carbocycles. The molecule has 2 aromatic rings. The van der Waals surface area contributed by atoms with Crippen molar-refractivity contribution in [3.8, 4) is 0 Å². The summed E-state index contributed by atoms with van der Waals surface area (Å²) in [6.07, 6.45) is 2.37. The van der Waals surface area contributed by atoms with E-state index in [1.165, 1.54) is 40.3 Å². The second kappa shape index (κ2) is 5.40. The lowest BCUT2D eigenvalue weighted by atomic mass is 9.98. The smallest absolute Gasteiger partial charge is 0.0652 e. The molecule has 0 amide bonds. The van der Waals surface area contributed by atoms with Gasteiger partial charge in [0, 0.05) is 31.7 Å². The number of nitrogens with zero attached hydrogens (tertiary/aromatic N) is 3. The van der Waals surface area contributed by atoms with Crippen LogP contribution in [-0.2, 0) is 12.8 Å².